The van der Waals surface area contributed by atoms with Crippen molar-refractivity contribution < 1.29 is 17.9 Å². The number of hydrogen-bond donors (Lipinski definition) is 0. The van der Waals surface area contributed by atoms with Gasteiger partial charge in [0.1, 0.15) is 5.75 Å². The Bertz CT molecular complexity index is 735. The first kappa shape index (κ1) is 18.2. The maximum Gasteiger partial charge on any atom is 0.243 e. The molecule has 138 valence electrons. The summed E-state index contributed by atoms with van der Waals surface area (Å²) >= 11 is 0. The Morgan fingerprint density at radius 1 is 1.20 bits per heavy atom. The van der Waals surface area contributed by atoms with Crippen molar-refractivity contribution in [1.82, 2.24) is 9.21 Å². The second-order valence-corrected chi connectivity index (χ2v) is 8.66. The summed E-state index contributed by atoms with van der Waals surface area (Å²) < 4.78 is 32.7. The number of sulfonamides is 1. The second-order valence-electron chi connectivity index (χ2n) is 6.72. The first-order chi connectivity index (χ1) is 11.9. The minimum absolute atomic E-state index is 0.164. The fourth-order valence-corrected chi connectivity index (χ4v) is 4.82. The summed E-state index contributed by atoms with van der Waals surface area (Å²) in [7, 11) is -3.54. The summed E-state index contributed by atoms with van der Waals surface area (Å²) in [6.45, 7) is 5.95. The van der Waals surface area contributed by atoms with Crippen LogP contribution in [0.3, 0.4) is 0 Å². The van der Waals surface area contributed by atoms with Gasteiger partial charge in [-0.05, 0) is 50.5 Å². The zero-order chi connectivity index (χ0) is 18.0. The van der Waals surface area contributed by atoms with Crippen molar-refractivity contribution in [2.45, 2.75) is 38.0 Å². The van der Waals surface area contributed by atoms with E-state index in [0.29, 0.717) is 38.5 Å². The fourth-order valence-electron chi connectivity index (χ4n) is 3.31. The van der Waals surface area contributed by atoms with Gasteiger partial charge in [0, 0.05) is 32.1 Å². The number of nitrogens with zero attached hydrogens (tertiary/aromatic N) is 2. The molecule has 0 N–H and O–H groups in total. The Morgan fingerprint density at radius 2 is 1.88 bits per heavy atom. The molecule has 1 aromatic carbocycles. The molecule has 1 aliphatic heterocycles. The Hall–Kier alpha value is -1.60. The molecule has 1 saturated heterocycles. The van der Waals surface area contributed by atoms with Crippen molar-refractivity contribution in [2.24, 2.45) is 5.92 Å². The zero-order valence-corrected chi connectivity index (χ0v) is 15.7. The Balaban J connectivity index is 1.67. The van der Waals surface area contributed by atoms with Crippen LogP contribution in [-0.2, 0) is 14.8 Å². The number of amides is 1. The summed E-state index contributed by atoms with van der Waals surface area (Å²) in [6.07, 6.45) is 3.08. The first-order valence-corrected chi connectivity index (χ1v) is 10.4. The molecule has 0 aromatic heterocycles. The molecule has 0 atom stereocenters. The van der Waals surface area contributed by atoms with Gasteiger partial charge in [-0.2, -0.15) is 4.31 Å². The molecule has 1 amide bonds. The lowest BCUT2D eigenvalue weighted by atomic mass is 9.84. The quantitative estimate of drug-likeness (QED) is 0.800. The molecule has 1 aliphatic carbocycles. The van der Waals surface area contributed by atoms with Crippen LogP contribution in [0.5, 0.6) is 5.75 Å². The van der Waals surface area contributed by atoms with E-state index in [0.717, 1.165) is 24.8 Å². The molecule has 2 fully saturated rings. The number of aryl methyl sites for hydroxylation is 1. The van der Waals surface area contributed by atoms with Gasteiger partial charge in [-0.15, -0.1) is 0 Å². The molecule has 3 rings (SSSR count). The molecule has 7 heteroatoms. The molecule has 1 heterocycles. The van der Waals surface area contributed by atoms with Crippen molar-refractivity contribution in [3.8, 4) is 5.75 Å². The number of ether oxygens (including phenoxy) is 1. The van der Waals surface area contributed by atoms with Gasteiger partial charge in [-0.25, -0.2) is 8.42 Å². The molecule has 1 aromatic rings. The van der Waals surface area contributed by atoms with E-state index in [1.807, 2.05) is 18.7 Å². The molecule has 0 unspecified atom stereocenters. The molecule has 0 radical (unpaired) electrons. The van der Waals surface area contributed by atoms with Crippen LogP contribution in [0.2, 0.25) is 0 Å². The van der Waals surface area contributed by atoms with Gasteiger partial charge in [0.05, 0.1) is 11.5 Å². The highest BCUT2D eigenvalue weighted by Crippen LogP contribution is 2.29. The minimum Gasteiger partial charge on any atom is -0.494 e. The molecule has 1 saturated carbocycles. The molecule has 6 nitrogen and oxygen atoms in total. The third-order valence-electron chi connectivity index (χ3n) is 5.09. The number of hydrogen-bond acceptors (Lipinski definition) is 4. The van der Waals surface area contributed by atoms with Gasteiger partial charge in [0.15, 0.2) is 0 Å². The van der Waals surface area contributed by atoms with Crippen LogP contribution >= 0.6 is 0 Å². The molecule has 25 heavy (non-hydrogen) atoms. The van der Waals surface area contributed by atoms with Gasteiger partial charge in [0.2, 0.25) is 15.9 Å². The van der Waals surface area contributed by atoms with Gasteiger partial charge in [-0.3, -0.25) is 4.79 Å². The third kappa shape index (κ3) is 3.67. The van der Waals surface area contributed by atoms with Crippen LogP contribution < -0.4 is 4.74 Å². The lowest BCUT2D eigenvalue weighted by molar-refractivity contribution is -0.139. The minimum atomic E-state index is -3.54. The Kier molecular flexibility index (Phi) is 5.34. The SMILES string of the molecule is CCOc1ccc(S(=O)(=O)N2CCN(C(=O)C3CCC3)CC2)cc1C. The number of benzene rings is 1. The largest absolute Gasteiger partial charge is 0.494 e. The maximum absolute atomic E-state index is 12.9. The molecular formula is C18H26N2O4S. The van der Waals surface area contributed by atoms with E-state index in [-0.39, 0.29) is 16.7 Å². The maximum atomic E-state index is 12.9. The molecule has 2 aliphatic rings. The van der Waals surface area contributed by atoms with Crippen LogP contribution in [0.25, 0.3) is 0 Å². The van der Waals surface area contributed by atoms with E-state index >= 15 is 0 Å². The molecule has 0 bridgehead atoms. The first-order valence-electron chi connectivity index (χ1n) is 8.96. The summed E-state index contributed by atoms with van der Waals surface area (Å²) in [5, 5.41) is 0. The van der Waals surface area contributed by atoms with Crippen LogP contribution in [0, 0.1) is 12.8 Å². The van der Waals surface area contributed by atoms with Crippen molar-refractivity contribution in [3.63, 3.8) is 0 Å². The van der Waals surface area contributed by atoms with E-state index in [2.05, 4.69) is 0 Å². The van der Waals surface area contributed by atoms with Gasteiger partial charge >= 0.3 is 0 Å². The normalized spacial score (nSPS) is 19.5. The summed E-state index contributed by atoms with van der Waals surface area (Å²) in [5.41, 5.74) is 0.807. The van der Waals surface area contributed by atoms with Crippen LogP contribution in [-0.4, -0.2) is 56.3 Å². The smallest absolute Gasteiger partial charge is 0.243 e. The van der Waals surface area contributed by atoms with E-state index in [1.165, 1.54) is 4.31 Å². The fraction of sp³-hybridized carbons (Fsp3) is 0.611. The van der Waals surface area contributed by atoms with E-state index in [9.17, 15) is 13.2 Å². The van der Waals surface area contributed by atoms with Crippen molar-refractivity contribution in [2.75, 3.05) is 32.8 Å². The van der Waals surface area contributed by atoms with Crippen molar-refractivity contribution in [3.05, 3.63) is 23.8 Å². The number of carbonyl (C=O) groups excluding carboxylic acids is 1. The highest BCUT2D eigenvalue weighted by Gasteiger charge is 2.34. The number of rotatable bonds is 5. The van der Waals surface area contributed by atoms with Crippen LogP contribution in [0.15, 0.2) is 23.1 Å². The monoisotopic (exact) mass is 366 g/mol. The summed E-state index contributed by atoms with van der Waals surface area (Å²) in [6, 6.07) is 4.97. The van der Waals surface area contributed by atoms with Crippen LogP contribution in [0.1, 0.15) is 31.7 Å². The Morgan fingerprint density at radius 3 is 2.40 bits per heavy atom. The van der Waals surface area contributed by atoms with Gasteiger partial charge in [-0.1, -0.05) is 6.42 Å². The predicted octanol–water partition coefficient (Wildman–Crippen LogP) is 2.03. The molecular weight excluding hydrogens is 340 g/mol. The number of carbonyl (C=O) groups is 1. The van der Waals surface area contributed by atoms with Crippen LogP contribution in [0.4, 0.5) is 0 Å². The lowest BCUT2D eigenvalue weighted by Crippen LogP contribution is -2.52. The van der Waals surface area contributed by atoms with Gasteiger partial charge < -0.3 is 9.64 Å². The average Bonchev–Trinajstić information content (AvgIpc) is 2.55. The Labute approximate surface area is 149 Å². The van der Waals surface area contributed by atoms with Crippen molar-refractivity contribution in [1.29, 1.82) is 0 Å². The third-order valence-corrected chi connectivity index (χ3v) is 6.98. The van der Waals surface area contributed by atoms with E-state index in [1.54, 1.807) is 18.2 Å². The average molecular weight is 366 g/mol. The zero-order valence-electron chi connectivity index (χ0n) is 14.9. The topological polar surface area (TPSA) is 66.9 Å². The highest BCUT2D eigenvalue weighted by atomic mass is 32.2. The predicted molar refractivity (Wildman–Crippen MR) is 95.0 cm³/mol. The summed E-state index contributed by atoms with van der Waals surface area (Å²) in [4.78, 5) is 14.4. The molecule has 0 spiro atoms. The summed E-state index contributed by atoms with van der Waals surface area (Å²) in [5.74, 6) is 1.06. The van der Waals surface area contributed by atoms with Gasteiger partial charge in [0.25, 0.3) is 0 Å². The number of piperazine rings is 1. The standard InChI is InChI=1S/C18H26N2O4S/c1-3-24-17-8-7-16(13-14(17)2)25(22,23)20-11-9-19(10-12-20)18(21)15-5-4-6-15/h7-8,13,15H,3-6,9-12H2,1-2H3. The van der Waals surface area contributed by atoms with E-state index < -0.39 is 10.0 Å². The second kappa shape index (κ2) is 7.33. The van der Waals surface area contributed by atoms with E-state index in [4.69, 9.17) is 4.74 Å². The highest BCUT2D eigenvalue weighted by molar-refractivity contribution is 7.89. The lowest BCUT2D eigenvalue weighted by Gasteiger charge is -2.37. The van der Waals surface area contributed by atoms with Crippen molar-refractivity contribution >= 4 is 15.9 Å².